The number of anilines is 1. The molecule has 7 heteroatoms. The average Bonchev–Trinajstić information content (AvgIpc) is 3.05. The number of hydrogen-bond acceptors (Lipinski definition) is 5. The molecule has 0 unspecified atom stereocenters. The van der Waals surface area contributed by atoms with Gasteiger partial charge in [0, 0.05) is 64.9 Å². The van der Waals surface area contributed by atoms with Gasteiger partial charge < -0.3 is 9.80 Å². The summed E-state index contributed by atoms with van der Waals surface area (Å²) < 4.78 is 1.84. The smallest absolute Gasteiger partial charge is 0.222 e. The lowest BCUT2D eigenvalue weighted by atomic mass is 9.93. The number of hydrogen-bond donors (Lipinski definition) is 0. The maximum atomic E-state index is 12.6. The number of aromatic nitrogens is 4. The fraction of sp³-hybridized carbons (Fsp3) is 0.579. The van der Waals surface area contributed by atoms with Crippen molar-refractivity contribution in [2.45, 2.75) is 32.1 Å². The van der Waals surface area contributed by atoms with Gasteiger partial charge in [0.15, 0.2) is 0 Å². The third-order valence-corrected chi connectivity index (χ3v) is 5.05. The largest absolute Gasteiger partial charge is 0.361 e. The highest BCUT2D eigenvalue weighted by Crippen LogP contribution is 2.24. The van der Waals surface area contributed by atoms with E-state index in [0.29, 0.717) is 12.3 Å². The Balaban J connectivity index is 1.57. The molecule has 7 nitrogen and oxygen atoms in total. The molecule has 0 N–H and O–H groups in total. The molecule has 1 fully saturated rings. The van der Waals surface area contributed by atoms with E-state index in [1.807, 2.05) is 41.7 Å². The van der Waals surface area contributed by atoms with Crippen LogP contribution in [0.2, 0.25) is 0 Å². The van der Waals surface area contributed by atoms with Gasteiger partial charge >= 0.3 is 0 Å². The predicted octanol–water partition coefficient (Wildman–Crippen LogP) is 1.69. The molecule has 0 saturated carbocycles. The molecule has 1 atom stereocenters. The van der Waals surface area contributed by atoms with Gasteiger partial charge in [-0.2, -0.15) is 5.10 Å². The second-order valence-electron chi connectivity index (χ2n) is 7.22. The number of aryl methyl sites for hydroxylation is 2. The highest BCUT2D eigenvalue weighted by Gasteiger charge is 2.25. The molecule has 1 aliphatic rings. The molecule has 0 radical (unpaired) electrons. The highest BCUT2D eigenvalue weighted by molar-refractivity contribution is 5.76. The molecule has 3 heterocycles. The van der Waals surface area contributed by atoms with Crippen LogP contribution in [0, 0.1) is 5.92 Å². The molecular weight excluding hydrogens is 328 g/mol. The van der Waals surface area contributed by atoms with Crippen LogP contribution in [0.15, 0.2) is 24.7 Å². The van der Waals surface area contributed by atoms with Gasteiger partial charge in [0.1, 0.15) is 5.82 Å². The summed E-state index contributed by atoms with van der Waals surface area (Å²) in [5, 5.41) is 4.16. The molecule has 0 aromatic carbocycles. The number of piperidine rings is 1. The lowest BCUT2D eigenvalue weighted by Crippen LogP contribution is -2.40. The van der Waals surface area contributed by atoms with Gasteiger partial charge in [0.05, 0.1) is 5.69 Å². The van der Waals surface area contributed by atoms with Crippen molar-refractivity contribution in [3.63, 3.8) is 0 Å². The lowest BCUT2D eigenvalue weighted by Gasteiger charge is -2.33. The Hall–Kier alpha value is -2.44. The second-order valence-corrected chi connectivity index (χ2v) is 7.22. The maximum absolute atomic E-state index is 12.6. The Morgan fingerprint density at radius 1 is 1.27 bits per heavy atom. The van der Waals surface area contributed by atoms with Crippen LogP contribution in [0.3, 0.4) is 0 Å². The SMILES string of the molecule is CN(C)c1nccnc1C[C@H]1CCCN(C(=O)CCc2ccnn2C)C1. The molecular formula is C19H28N6O. The van der Waals surface area contributed by atoms with Gasteiger partial charge in [-0.1, -0.05) is 0 Å². The van der Waals surface area contributed by atoms with E-state index in [0.717, 1.165) is 56.0 Å². The van der Waals surface area contributed by atoms with Crippen molar-refractivity contribution in [1.82, 2.24) is 24.6 Å². The summed E-state index contributed by atoms with van der Waals surface area (Å²) >= 11 is 0. The van der Waals surface area contributed by atoms with E-state index < -0.39 is 0 Å². The van der Waals surface area contributed by atoms with Gasteiger partial charge in [0.25, 0.3) is 0 Å². The van der Waals surface area contributed by atoms with Crippen LogP contribution in [0.25, 0.3) is 0 Å². The van der Waals surface area contributed by atoms with E-state index in [1.54, 1.807) is 18.6 Å². The first-order valence-corrected chi connectivity index (χ1v) is 9.26. The molecule has 0 spiro atoms. The Morgan fingerprint density at radius 2 is 2.08 bits per heavy atom. The fourth-order valence-electron chi connectivity index (χ4n) is 3.65. The summed E-state index contributed by atoms with van der Waals surface area (Å²) in [6.07, 6.45) is 9.60. The van der Waals surface area contributed by atoms with Crippen molar-refractivity contribution >= 4 is 11.7 Å². The van der Waals surface area contributed by atoms with Crippen LogP contribution in [0.1, 0.15) is 30.7 Å². The van der Waals surface area contributed by atoms with Crippen molar-refractivity contribution in [3.8, 4) is 0 Å². The van der Waals surface area contributed by atoms with Crippen LogP contribution in [0.4, 0.5) is 5.82 Å². The standard InChI is InChI=1S/C19H28N6O/c1-23(2)19-17(20-10-11-21-19)13-15-5-4-12-25(14-15)18(26)7-6-16-8-9-22-24(16)3/h8-11,15H,4-7,12-14H2,1-3H3/t15-/m1/s1. The minimum atomic E-state index is 0.239. The van der Waals surface area contributed by atoms with Crippen LogP contribution >= 0.6 is 0 Å². The quantitative estimate of drug-likeness (QED) is 0.788. The zero-order chi connectivity index (χ0) is 18.5. The van der Waals surface area contributed by atoms with Crippen molar-refractivity contribution in [2.75, 3.05) is 32.1 Å². The van der Waals surface area contributed by atoms with Gasteiger partial charge in [-0.25, -0.2) is 4.98 Å². The topological polar surface area (TPSA) is 67.2 Å². The minimum Gasteiger partial charge on any atom is -0.361 e. The molecule has 3 rings (SSSR count). The highest BCUT2D eigenvalue weighted by atomic mass is 16.2. The molecule has 2 aromatic heterocycles. The molecule has 26 heavy (non-hydrogen) atoms. The predicted molar refractivity (Wildman–Crippen MR) is 101 cm³/mol. The Labute approximate surface area is 155 Å². The third-order valence-electron chi connectivity index (χ3n) is 5.05. The average molecular weight is 356 g/mol. The monoisotopic (exact) mass is 356 g/mol. The first-order chi connectivity index (χ1) is 12.5. The van der Waals surface area contributed by atoms with Gasteiger partial charge in [-0.15, -0.1) is 0 Å². The first-order valence-electron chi connectivity index (χ1n) is 9.26. The van der Waals surface area contributed by atoms with Crippen molar-refractivity contribution < 1.29 is 4.79 Å². The molecule has 1 saturated heterocycles. The van der Waals surface area contributed by atoms with E-state index in [9.17, 15) is 4.79 Å². The van der Waals surface area contributed by atoms with E-state index in [2.05, 4.69) is 15.1 Å². The molecule has 1 amide bonds. The number of carbonyl (C=O) groups excluding carboxylic acids is 1. The molecule has 0 aliphatic carbocycles. The van der Waals surface area contributed by atoms with E-state index >= 15 is 0 Å². The third kappa shape index (κ3) is 4.39. The molecule has 0 bridgehead atoms. The molecule has 2 aromatic rings. The van der Waals surface area contributed by atoms with Crippen molar-refractivity contribution in [2.24, 2.45) is 13.0 Å². The maximum Gasteiger partial charge on any atom is 0.222 e. The van der Waals surface area contributed by atoms with E-state index in [-0.39, 0.29) is 5.91 Å². The number of rotatable bonds is 6. The van der Waals surface area contributed by atoms with E-state index in [4.69, 9.17) is 0 Å². The van der Waals surface area contributed by atoms with Crippen LogP contribution in [-0.4, -0.2) is 57.7 Å². The molecule has 140 valence electrons. The molecule has 1 aliphatic heterocycles. The zero-order valence-electron chi connectivity index (χ0n) is 15.9. The fourth-order valence-corrected chi connectivity index (χ4v) is 3.65. The van der Waals surface area contributed by atoms with Crippen LogP contribution < -0.4 is 4.90 Å². The Bertz CT molecular complexity index is 741. The van der Waals surface area contributed by atoms with Gasteiger partial charge in [-0.05, 0) is 37.7 Å². The van der Waals surface area contributed by atoms with Crippen molar-refractivity contribution in [1.29, 1.82) is 0 Å². The summed E-state index contributed by atoms with van der Waals surface area (Å²) in [7, 11) is 5.89. The zero-order valence-corrected chi connectivity index (χ0v) is 15.9. The number of amides is 1. The Kier molecular flexibility index (Phi) is 5.85. The summed E-state index contributed by atoms with van der Waals surface area (Å²) in [6.45, 7) is 1.68. The first kappa shape index (κ1) is 18.4. The van der Waals surface area contributed by atoms with Crippen LogP contribution in [0.5, 0.6) is 0 Å². The normalized spacial score (nSPS) is 17.3. The summed E-state index contributed by atoms with van der Waals surface area (Å²) in [5.74, 6) is 1.61. The van der Waals surface area contributed by atoms with Crippen LogP contribution in [-0.2, 0) is 24.7 Å². The van der Waals surface area contributed by atoms with Gasteiger partial charge in [0.2, 0.25) is 5.91 Å². The number of carbonyl (C=O) groups is 1. The summed E-state index contributed by atoms with van der Waals surface area (Å²) in [5.41, 5.74) is 2.12. The van der Waals surface area contributed by atoms with E-state index in [1.165, 1.54) is 0 Å². The minimum absolute atomic E-state index is 0.239. The lowest BCUT2D eigenvalue weighted by molar-refractivity contribution is -0.133. The van der Waals surface area contributed by atoms with Crippen molar-refractivity contribution in [3.05, 3.63) is 36.0 Å². The van der Waals surface area contributed by atoms with Gasteiger partial charge in [-0.3, -0.25) is 14.5 Å². The second kappa shape index (κ2) is 8.29. The summed E-state index contributed by atoms with van der Waals surface area (Å²) in [4.78, 5) is 25.6. The summed E-state index contributed by atoms with van der Waals surface area (Å²) in [6, 6.07) is 1.98. The number of likely N-dealkylation sites (tertiary alicyclic amines) is 1. The number of nitrogens with zero attached hydrogens (tertiary/aromatic N) is 6. The Morgan fingerprint density at radius 3 is 2.81 bits per heavy atom.